The van der Waals surface area contributed by atoms with Gasteiger partial charge in [-0.1, -0.05) is 12.1 Å². The number of hydrogen-bond acceptors (Lipinski definition) is 4. The molecule has 0 aromatic heterocycles. The van der Waals surface area contributed by atoms with Gasteiger partial charge in [-0.2, -0.15) is 4.31 Å². The van der Waals surface area contributed by atoms with Crippen molar-refractivity contribution in [1.82, 2.24) is 9.62 Å². The van der Waals surface area contributed by atoms with Crippen LogP contribution < -0.4 is 10.6 Å². The molecule has 162 valence electrons. The van der Waals surface area contributed by atoms with Gasteiger partial charge in [0.2, 0.25) is 15.9 Å². The molecule has 1 aromatic rings. The second kappa shape index (κ2) is 9.82. The summed E-state index contributed by atoms with van der Waals surface area (Å²) in [5.74, 6) is -0.314. The molecule has 2 rings (SSSR count). The van der Waals surface area contributed by atoms with Gasteiger partial charge in [-0.15, -0.1) is 0 Å². The van der Waals surface area contributed by atoms with Crippen LogP contribution in [0.2, 0.25) is 0 Å². The monoisotopic (exact) mass is 424 g/mol. The molecule has 3 N–H and O–H groups in total. The zero-order chi connectivity index (χ0) is 21.7. The van der Waals surface area contributed by atoms with Crippen molar-refractivity contribution in [2.45, 2.75) is 57.4 Å². The molecule has 1 fully saturated rings. The molecule has 1 aromatic carbocycles. The number of benzene rings is 1. The lowest BCUT2D eigenvalue weighted by atomic mass is 9.97. The average Bonchev–Trinajstić information content (AvgIpc) is 2.67. The number of quaternary nitrogens is 1. The molecule has 29 heavy (non-hydrogen) atoms. The highest BCUT2D eigenvalue weighted by Crippen LogP contribution is 2.24. The Hall–Kier alpha value is -1.77. The number of carbonyl (C=O) groups excluding carboxylic acids is 2. The molecular weight excluding hydrogens is 390 g/mol. The summed E-state index contributed by atoms with van der Waals surface area (Å²) in [4.78, 5) is 24.0. The van der Waals surface area contributed by atoms with Crippen LogP contribution in [0.3, 0.4) is 0 Å². The van der Waals surface area contributed by atoms with E-state index in [0.717, 1.165) is 13.0 Å². The standard InChI is InChI=1S/C21H33N3O4S/c1-16(25)18-7-5-8-19(15-18)29(27,28)24-13-9-17(10-14-24)20(26)22-11-6-12-23-21(2,3)4/h5,7-8,15,17,23H,6,9-14H2,1-4H3,(H,22,26)/p+1. The van der Waals surface area contributed by atoms with Crippen LogP contribution in [0.25, 0.3) is 0 Å². The Balaban J connectivity index is 1.84. The highest BCUT2D eigenvalue weighted by Gasteiger charge is 2.32. The normalized spacial score (nSPS) is 16.6. The van der Waals surface area contributed by atoms with E-state index < -0.39 is 10.0 Å². The predicted molar refractivity (Wildman–Crippen MR) is 112 cm³/mol. The van der Waals surface area contributed by atoms with E-state index in [0.29, 0.717) is 38.0 Å². The number of piperidine rings is 1. The summed E-state index contributed by atoms with van der Waals surface area (Å²) in [6.07, 6.45) is 1.92. The van der Waals surface area contributed by atoms with Crippen molar-refractivity contribution in [3.63, 3.8) is 0 Å². The van der Waals surface area contributed by atoms with E-state index in [9.17, 15) is 18.0 Å². The summed E-state index contributed by atoms with van der Waals surface area (Å²) in [6.45, 7) is 10.1. The van der Waals surface area contributed by atoms with Crippen molar-refractivity contribution in [3.05, 3.63) is 29.8 Å². The molecule has 0 unspecified atom stereocenters. The molecule has 0 saturated carbocycles. The fourth-order valence-corrected chi connectivity index (χ4v) is 4.89. The Morgan fingerprint density at radius 2 is 1.86 bits per heavy atom. The summed E-state index contributed by atoms with van der Waals surface area (Å²) in [6, 6.07) is 6.12. The minimum atomic E-state index is -3.66. The maximum absolute atomic E-state index is 12.9. The van der Waals surface area contributed by atoms with Gasteiger partial charge in [0.1, 0.15) is 0 Å². The number of amides is 1. The molecule has 1 aliphatic rings. The maximum atomic E-state index is 12.9. The van der Waals surface area contributed by atoms with Crippen LogP contribution in [0.4, 0.5) is 0 Å². The highest BCUT2D eigenvalue weighted by molar-refractivity contribution is 7.89. The fraction of sp³-hybridized carbons (Fsp3) is 0.619. The molecule has 1 heterocycles. The lowest BCUT2D eigenvalue weighted by molar-refractivity contribution is -0.717. The number of nitrogens with zero attached hydrogens (tertiary/aromatic N) is 1. The van der Waals surface area contributed by atoms with E-state index in [-0.39, 0.29) is 28.0 Å². The number of Topliss-reactive ketones (excluding diaryl/α,β-unsaturated/α-hetero) is 1. The quantitative estimate of drug-likeness (QED) is 0.483. The topological polar surface area (TPSA) is 100 Å². The molecule has 0 bridgehead atoms. The van der Waals surface area contributed by atoms with Crippen LogP contribution in [0, 0.1) is 5.92 Å². The number of ketones is 1. The molecule has 0 atom stereocenters. The highest BCUT2D eigenvalue weighted by atomic mass is 32.2. The zero-order valence-electron chi connectivity index (χ0n) is 17.9. The number of rotatable bonds is 8. The molecule has 8 heteroatoms. The first-order chi connectivity index (χ1) is 13.5. The van der Waals surface area contributed by atoms with Crippen LogP contribution in [0.15, 0.2) is 29.2 Å². The van der Waals surface area contributed by atoms with Crippen LogP contribution in [-0.4, -0.2) is 56.1 Å². The molecule has 1 aliphatic heterocycles. The third kappa shape index (κ3) is 6.90. The maximum Gasteiger partial charge on any atom is 0.243 e. The SMILES string of the molecule is CC(=O)c1cccc(S(=O)(=O)N2CCC(C(=O)NCCC[NH2+]C(C)(C)C)CC2)c1. The molecule has 7 nitrogen and oxygen atoms in total. The molecule has 1 amide bonds. The van der Waals surface area contributed by atoms with Crippen molar-refractivity contribution in [1.29, 1.82) is 0 Å². The first kappa shape index (κ1) is 23.5. The van der Waals surface area contributed by atoms with Gasteiger partial charge in [0.15, 0.2) is 5.78 Å². The van der Waals surface area contributed by atoms with Crippen LogP contribution in [0.5, 0.6) is 0 Å². The smallest absolute Gasteiger partial charge is 0.243 e. The Morgan fingerprint density at radius 3 is 2.45 bits per heavy atom. The Bertz CT molecular complexity index is 823. The Kier molecular flexibility index (Phi) is 7.96. The van der Waals surface area contributed by atoms with E-state index in [4.69, 9.17) is 0 Å². The summed E-state index contributed by atoms with van der Waals surface area (Å²) in [5.41, 5.74) is 0.566. The summed E-state index contributed by atoms with van der Waals surface area (Å²) >= 11 is 0. The van der Waals surface area contributed by atoms with E-state index in [1.165, 1.54) is 23.4 Å². The lowest BCUT2D eigenvalue weighted by Gasteiger charge is -2.30. The number of hydrogen-bond donors (Lipinski definition) is 2. The molecule has 0 radical (unpaired) electrons. The number of nitrogens with two attached hydrogens (primary N) is 1. The third-order valence-corrected chi connectivity index (χ3v) is 7.03. The first-order valence-electron chi connectivity index (χ1n) is 10.2. The van der Waals surface area contributed by atoms with E-state index in [1.807, 2.05) is 0 Å². The van der Waals surface area contributed by atoms with Crippen molar-refractivity contribution in [2.24, 2.45) is 5.92 Å². The zero-order valence-corrected chi connectivity index (χ0v) is 18.7. The number of sulfonamides is 1. The fourth-order valence-electron chi connectivity index (χ4n) is 3.38. The second-order valence-corrected chi connectivity index (χ2v) is 10.7. The van der Waals surface area contributed by atoms with Crippen molar-refractivity contribution in [3.8, 4) is 0 Å². The van der Waals surface area contributed by atoms with Crippen LogP contribution in [0.1, 0.15) is 57.3 Å². The van der Waals surface area contributed by atoms with Crippen molar-refractivity contribution >= 4 is 21.7 Å². The number of nitrogens with one attached hydrogen (secondary N) is 1. The first-order valence-corrected chi connectivity index (χ1v) is 11.7. The lowest BCUT2D eigenvalue weighted by Crippen LogP contribution is -2.94. The van der Waals surface area contributed by atoms with Gasteiger partial charge in [-0.25, -0.2) is 8.42 Å². The molecule has 1 saturated heterocycles. The van der Waals surface area contributed by atoms with Crippen molar-refractivity contribution in [2.75, 3.05) is 26.2 Å². The molecular formula is C21H34N3O4S+. The van der Waals surface area contributed by atoms with Gasteiger partial charge in [0.05, 0.1) is 17.0 Å². The predicted octanol–water partition coefficient (Wildman–Crippen LogP) is 1.16. The Labute approximate surface area is 174 Å². The van der Waals surface area contributed by atoms with Gasteiger partial charge in [-0.3, -0.25) is 9.59 Å². The number of carbonyl (C=O) groups is 2. The van der Waals surface area contributed by atoms with Gasteiger partial charge in [0, 0.05) is 37.5 Å². The van der Waals surface area contributed by atoms with E-state index in [1.54, 1.807) is 12.1 Å². The van der Waals surface area contributed by atoms with Gasteiger partial charge >= 0.3 is 0 Å². The van der Waals surface area contributed by atoms with E-state index >= 15 is 0 Å². The molecule has 0 spiro atoms. The summed E-state index contributed by atoms with van der Waals surface area (Å²) in [7, 11) is -3.66. The minimum absolute atomic E-state index is 0.0105. The van der Waals surface area contributed by atoms with Gasteiger partial charge < -0.3 is 10.6 Å². The van der Waals surface area contributed by atoms with Crippen LogP contribution in [-0.2, 0) is 14.8 Å². The van der Waals surface area contributed by atoms with Gasteiger partial charge in [0.25, 0.3) is 0 Å². The molecule has 0 aliphatic carbocycles. The summed E-state index contributed by atoms with van der Waals surface area (Å²) in [5, 5.41) is 5.23. The van der Waals surface area contributed by atoms with Gasteiger partial charge in [-0.05, 0) is 52.7 Å². The Morgan fingerprint density at radius 1 is 1.21 bits per heavy atom. The van der Waals surface area contributed by atoms with E-state index in [2.05, 4.69) is 31.4 Å². The third-order valence-electron chi connectivity index (χ3n) is 5.14. The second-order valence-electron chi connectivity index (χ2n) is 8.77. The van der Waals surface area contributed by atoms with Crippen molar-refractivity contribution < 1.29 is 23.3 Å². The average molecular weight is 425 g/mol. The minimum Gasteiger partial charge on any atom is -0.356 e. The summed E-state index contributed by atoms with van der Waals surface area (Å²) < 4.78 is 27.2. The largest absolute Gasteiger partial charge is 0.356 e. The van der Waals surface area contributed by atoms with Crippen LogP contribution >= 0.6 is 0 Å².